The van der Waals surface area contributed by atoms with Gasteiger partial charge in [0.2, 0.25) is 0 Å². The van der Waals surface area contributed by atoms with Crippen molar-refractivity contribution < 1.29 is 4.79 Å². The summed E-state index contributed by atoms with van der Waals surface area (Å²) in [6, 6.07) is 8.53. The van der Waals surface area contributed by atoms with Crippen molar-refractivity contribution in [3.05, 3.63) is 35.4 Å². The Labute approximate surface area is 105 Å². The van der Waals surface area contributed by atoms with E-state index in [1.54, 1.807) is 0 Å². The van der Waals surface area contributed by atoms with E-state index in [1.807, 2.05) is 12.7 Å². The van der Waals surface area contributed by atoms with Crippen molar-refractivity contribution in [3.63, 3.8) is 0 Å². The van der Waals surface area contributed by atoms with Crippen molar-refractivity contribution in [1.29, 1.82) is 0 Å². The predicted octanol–water partition coefficient (Wildman–Crippen LogP) is 3.27. The summed E-state index contributed by atoms with van der Waals surface area (Å²) in [5.74, 6) is 2.77. The molecule has 1 atom stereocenters. The van der Waals surface area contributed by atoms with E-state index in [9.17, 15) is 4.79 Å². The number of carbonyl (C=O) groups is 1. The Morgan fingerprint density at radius 3 is 2.19 bits per heavy atom. The fraction of sp³-hybridized carbons (Fsp3) is 0.500. The van der Waals surface area contributed by atoms with E-state index in [2.05, 4.69) is 38.1 Å². The van der Waals surface area contributed by atoms with E-state index in [-0.39, 0.29) is 21.1 Å². The lowest BCUT2D eigenvalue weighted by atomic mass is 9.97. The average Bonchev–Trinajstić information content (AvgIpc) is 2.27. The maximum absolute atomic E-state index is 11.6. The zero-order chi connectivity index (χ0) is 12.1. The lowest BCUT2D eigenvalue weighted by molar-refractivity contribution is -0.113. The van der Waals surface area contributed by atoms with Crippen LogP contribution in [0.4, 0.5) is 0 Å². The average molecular weight is 231 g/mol. The first-order valence-corrected chi connectivity index (χ1v) is 7.69. The molecule has 0 heterocycles. The molecule has 85 valence electrons. The fourth-order valence-electron chi connectivity index (χ4n) is 1.83. The molecule has 1 aromatic carbocycles. The van der Waals surface area contributed by atoms with E-state index >= 15 is 0 Å². The molecular weight excluding hydrogens is 211 g/mol. The molecule has 1 aromatic rings. The van der Waals surface area contributed by atoms with Crippen LogP contribution >= 0.6 is 0 Å². The van der Waals surface area contributed by atoms with Gasteiger partial charge in [-0.15, -0.1) is 5.79 Å². The van der Waals surface area contributed by atoms with Crippen molar-refractivity contribution in [2.24, 2.45) is 5.92 Å². The zero-order valence-corrected chi connectivity index (χ0v) is 11.8. The Bertz CT molecular complexity index is 340. The summed E-state index contributed by atoms with van der Waals surface area (Å²) in [6.07, 6.45) is 1.11. The van der Waals surface area contributed by atoms with Gasteiger partial charge in [0, 0.05) is 10.6 Å². The predicted molar refractivity (Wildman–Crippen MR) is 70.0 cm³/mol. The van der Waals surface area contributed by atoms with Crippen LogP contribution < -0.4 is 0 Å². The van der Waals surface area contributed by atoms with Crippen LogP contribution in [0.25, 0.3) is 0 Å². The first-order chi connectivity index (χ1) is 7.54. The molecular formula is C14H20AlO. The second-order valence-corrected chi connectivity index (χ2v) is 5.90. The minimum atomic E-state index is -0.0638. The normalized spacial score (nSPS) is 12.6. The third kappa shape index (κ3) is 3.78. The molecule has 0 bridgehead atoms. The third-order valence-corrected chi connectivity index (χ3v) is 3.90. The van der Waals surface area contributed by atoms with Crippen LogP contribution in [-0.2, 0) is 11.2 Å². The molecule has 2 heteroatoms. The molecule has 0 aliphatic rings. The van der Waals surface area contributed by atoms with Crippen LogP contribution in [0.1, 0.15) is 37.8 Å². The van der Waals surface area contributed by atoms with E-state index in [1.165, 1.54) is 5.56 Å². The van der Waals surface area contributed by atoms with Crippen LogP contribution in [-0.4, -0.2) is 19.9 Å². The Balaban J connectivity index is 2.74. The topological polar surface area (TPSA) is 17.1 Å². The van der Waals surface area contributed by atoms with Gasteiger partial charge >= 0.3 is 15.2 Å². The second-order valence-electron chi connectivity index (χ2n) is 4.75. The van der Waals surface area contributed by atoms with E-state index in [0.717, 1.165) is 12.0 Å². The van der Waals surface area contributed by atoms with Gasteiger partial charge in [0.15, 0.2) is 0 Å². The molecule has 0 amide bonds. The number of rotatable bonds is 5. The summed E-state index contributed by atoms with van der Waals surface area (Å²) < 4.78 is 0.400. The molecule has 16 heavy (non-hydrogen) atoms. The van der Waals surface area contributed by atoms with Crippen LogP contribution in [0.15, 0.2) is 24.3 Å². The van der Waals surface area contributed by atoms with E-state index in [4.69, 9.17) is 0 Å². The molecule has 0 fully saturated rings. The molecule has 1 radical (unpaired) electrons. The van der Waals surface area contributed by atoms with Crippen molar-refractivity contribution in [2.45, 2.75) is 38.9 Å². The Morgan fingerprint density at radius 2 is 1.75 bits per heavy atom. The fourth-order valence-corrected chi connectivity index (χ4v) is 2.52. The standard InChI is InChI=1S/C13H17O.CH3.Al/c1-10(2)8-12-4-6-13(7-5-12)11(3)9-14;;/h4-7,10-11H,8H2,1-3H3;1H3;. The minimum absolute atomic E-state index is 0.0638. The van der Waals surface area contributed by atoms with Crippen LogP contribution in [0, 0.1) is 5.92 Å². The minimum Gasteiger partial charge on any atom is -0.322 e. The van der Waals surface area contributed by atoms with Crippen molar-refractivity contribution in [3.8, 4) is 0 Å². The first kappa shape index (κ1) is 13.5. The highest BCUT2D eigenvalue weighted by atomic mass is 27.1. The maximum Gasteiger partial charge on any atom is 0.311 e. The molecule has 0 aliphatic heterocycles. The molecule has 0 aromatic heterocycles. The molecule has 0 aliphatic carbocycles. The van der Waals surface area contributed by atoms with Crippen LogP contribution in [0.2, 0.25) is 5.79 Å². The quantitative estimate of drug-likeness (QED) is 0.711. The SMILES string of the molecule is [CH3][Al][C](=O)C(C)c1ccc(CC(C)C)cc1. The Hall–Kier alpha value is -0.578. The van der Waals surface area contributed by atoms with Gasteiger partial charge in [0.25, 0.3) is 0 Å². The first-order valence-electron chi connectivity index (χ1n) is 5.96. The molecule has 0 saturated carbocycles. The van der Waals surface area contributed by atoms with Crippen molar-refractivity contribution >= 4 is 19.9 Å². The third-order valence-electron chi connectivity index (χ3n) is 2.83. The van der Waals surface area contributed by atoms with E-state index in [0.29, 0.717) is 10.6 Å². The zero-order valence-electron chi connectivity index (χ0n) is 10.7. The lowest BCUT2D eigenvalue weighted by Gasteiger charge is -2.11. The summed E-state index contributed by atoms with van der Waals surface area (Å²) in [5.41, 5.74) is 2.52. The monoisotopic (exact) mass is 231 g/mol. The Kier molecular flexibility index (Phi) is 5.25. The molecule has 1 rings (SSSR count). The summed E-state index contributed by atoms with van der Waals surface area (Å²) in [4.78, 5) is 11.6. The summed E-state index contributed by atoms with van der Waals surface area (Å²) >= 11 is -0.0638. The molecule has 0 spiro atoms. The van der Waals surface area contributed by atoms with Crippen molar-refractivity contribution in [1.82, 2.24) is 0 Å². The largest absolute Gasteiger partial charge is 0.322 e. The summed E-state index contributed by atoms with van der Waals surface area (Å²) in [7, 11) is 0. The Morgan fingerprint density at radius 1 is 1.19 bits per heavy atom. The van der Waals surface area contributed by atoms with Gasteiger partial charge in [-0.05, 0) is 23.5 Å². The van der Waals surface area contributed by atoms with E-state index < -0.39 is 0 Å². The van der Waals surface area contributed by atoms with Crippen molar-refractivity contribution in [2.75, 3.05) is 0 Å². The molecule has 0 saturated heterocycles. The highest BCUT2D eigenvalue weighted by molar-refractivity contribution is 6.73. The van der Waals surface area contributed by atoms with Gasteiger partial charge < -0.3 is 4.79 Å². The van der Waals surface area contributed by atoms with Gasteiger partial charge in [-0.3, -0.25) is 0 Å². The van der Waals surface area contributed by atoms with Gasteiger partial charge in [0.05, 0.1) is 0 Å². The number of carbonyl (C=O) groups excluding carboxylic acids is 1. The molecule has 1 unspecified atom stereocenters. The summed E-state index contributed by atoms with van der Waals surface area (Å²) in [6.45, 7) is 6.46. The second kappa shape index (κ2) is 6.23. The maximum atomic E-state index is 11.6. The van der Waals surface area contributed by atoms with Crippen LogP contribution in [0.3, 0.4) is 0 Å². The van der Waals surface area contributed by atoms with Gasteiger partial charge in [-0.2, -0.15) is 0 Å². The highest BCUT2D eigenvalue weighted by Gasteiger charge is 2.12. The van der Waals surface area contributed by atoms with Crippen LogP contribution in [0.5, 0.6) is 0 Å². The lowest BCUT2D eigenvalue weighted by Crippen LogP contribution is -2.14. The number of benzene rings is 1. The van der Waals surface area contributed by atoms with Gasteiger partial charge in [-0.1, -0.05) is 45.0 Å². The highest BCUT2D eigenvalue weighted by Crippen LogP contribution is 2.17. The van der Waals surface area contributed by atoms with Gasteiger partial charge in [-0.25, -0.2) is 0 Å². The van der Waals surface area contributed by atoms with Gasteiger partial charge in [0.1, 0.15) is 0 Å². The number of hydrogen-bond donors (Lipinski definition) is 0. The smallest absolute Gasteiger partial charge is 0.311 e. The molecule has 1 nitrogen and oxygen atoms in total. The molecule has 0 N–H and O–H groups in total. The number of hydrogen-bond acceptors (Lipinski definition) is 1. The summed E-state index contributed by atoms with van der Waals surface area (Å²) in [5, 5.41) is 0.